The lowest BCUT2D eigenvalue weighted by molar-refractivity contribution is -0.117. The second-order valence-corrected chi connectivity index (χ2v) is 4.02. The average molecular weight is 283 g/mol. The van der Waals surface area contributed by atoms with Crippen LogP contribution in [0.4, 0.5) is 0 Å². The number of carbonyl (C=O) groups excluding carboxylic acids is 2. The van der Waals surface area contributed by atoms with Crippen LogP contribution in [-0.4, -0.2) is 41.8 Å². The van der Waals surface area contributed by atoms with Crippen molar-refractivity contribution in [2.75, 3.05) is 20.3 Å². The number of nitrogens with zero attached hydrogens (tertiary/aromatic N) is 2. The summed E-state index contributed by atoms with van der Waals surface area (Å²) in [6.07, 6.45) is 2.96. The molecule has 2 rings (SSSR count). The Morgan fingerprint density at radius 1 is 1.55 bits per heavy atom. The lowest BCUT2D eigenvalue weighted by atomic mass is 10.2. The summed E-state index contributed by atoms with van der Waals surface area (Å²) in [7, 11) is 1.27. The highest BCUT2D eigenvalue weighted by molar-refractivity contribution is 5.86. The predicted octanol–water partition coefficient (Wildman–Crippen LogP) is -0.517. The zero-order valence-corrected chi connectivity index (χ0v) is 11.4. The summed E-state index contributed by atoms with van der Waals surface area (Å²) in [5.41, 5.74) is 4.54. The monoisotopic (exact) mass is 283 g/mol. The summed E-state index contributed by atoms with van der Waals surface area (Å²) in [5, 5.41) is 0. The molecule has 20 heavy (non-hydrogen) atoms. The highest BCUT2D eigenvalue weighted by atomic mass is 16.5. The summed E-state index contributed by atoms with van der Waals surface area (Å²) in [5.74, 6) is -0.797. The Labute approximate surface area is 115 Å². The van der Waals surface area contributed by atoms with Gasteiger partial charge in [0.05, 0.1) is 32.6 Å². The molecule has 1 aromatic heterocycles. The highest BCUT2D eigenvalue weighted by Crippen LogP contribution is 2.14. The Bertz CT molecular complexity index is 536. The number of carbonyl (C=O) groups is 2. The number of aromatic nitrogens is 2. The fourth-order valence-electron chi connectivity index (χ4n) is 1.30. The van der Waals surface area contributed by atoms with Gasteiger partial charge in [-0.2, -0.15) is 0 Å². The van der Waals surface area contributed by atoms with Crippen LogP contribution in [0.2, 0.25) is 0 Å². The molecule has 8 nitrogen and oxygen atoms in total. The van der Waals surface area contributed by atoms with Gasteiger partial charge in [-0.05, 0) is 0 Å². The van der Waals surface area contributed by atoms with Crippen molar-refractivity contribution in [1.29, 1.82) is 0 Å². The molecule has 0 bridgehead atoms. The Kier molecular flexibility index (Phi) is 5.85. The van der Waals surface area contributed by atoms with Crippen LogP contribution < -0.4 is 11.3 Å². The number of nitrogens with two attached hydrogens (primary N) is 1. The minimum absolute atomic E-state index is 0.00362. The maximum absolute atomic E-state index is 11.4. The molecule has 0 aromatic carbocycles. The quantitative estimate of drug-likeness (QED) is 0.747. The van der Waals surface area contributed by atoms with E-state index >= 15 is 0 Å². The summed E-state index contributed by atoms with van der Waals surface area (Å²) in [4.78, 5) is 35.9. The molecule has 1 aliphatic heterocycles. The molecular weight excluding hydrogens is 266 g/mol. The number of amides is 1. The van der Waals surface area contributed by atoms with E-state index in [-0.39, 0.29) is 23.2 Å². The third kappa shape index (κ3) is 4.16. The van der Waals surface area contributed by atoms with Crippen molar-refractivity contribution in [1.82, 2.24) is 9.55 Å². The fraction of sp³-hybridized carbons (Fsp3) is 0.500. The van der Waals surface area contributed by atoms with Crippen LogP contribution in [0.3, 0.4) is 0 Å². The van der Waals surface area contributed by atoms with E-state index in [0.29, 0.717) is 19.6 Å². The Hall–Kier alpha value is -2.22. The van der Waals surface area contributed by atoms with E-state index in [1.807, 2.05) is 0 Å². The number of primary amides is 1. The first-order valence-corrected chi connectivity index (χ1v) is 6.02. The van der Waals surface area contributed by atoms with E-state index in [2.05, 4.69) is 15.5 Å². The smallest absolute Gasteiger partial charge is 0.358 e. The minimum atomic E-state index is -0.552. The van der Waals surface area contributed by atoms with Gasteiger partial charge in [-0.25, -0.2) is 9.78 Å². The van der Waals surface area contributed by atoms with E-state index in [9.17, 15) is 14.4 Å². The first kappa shape index (κ1) is 15.8. The number of hydrogen-bond acceptors (Lipinski definition) is 6. The van der Waals surface area contributed by atoms with Gasteiger partial charge in [0.2, 0.25) is 5.91 Å². The van der Waals surface area contributed by atoms with E-state index in [4.69, 9.17) is 4.74 Å². The molecular formula is C12H17N3O5. The van der Waals surface area contributed by atoms with E-state index in [0.717, 1.165) is 6.20 Å². The molecule has 1 aliphatic rings. The lowest BCUT2D eigenvalue weighted by Crippen LogP contribution is -2.37. The van der Waals surface area contributed by atoms with E-state index in [1.54, 1.807) is 6.92 Å². The number of hydrogen-bond donors (Lipinski definition) is 1. The first-order chi connectivity index (χ1) is 9.49. The largest absolute Gasteiger partial charge is 0.464 e. The normalized spacial score (nSPS) is 13.7. The molecule has 1 amide bonds. The summed E-state index contributed by atoms with van der Waals surface area (Å²) in [6, 6.07) is 0.00362. The molecule has 2 heterocycles. The molecule has 1 fully saturated rings. The fourth-order valence-corrected chi connectivity index (χ4v) is 1.30. The van der Waals surface area contributed by atoms with Crippen molar-refractivity contribution < 1.29 is 19.1 Å². The molecule has 2 N–H and O–H groups in total. The van der Waals surface area contributed by atoms with Gasteiger partial charge >= 0.3 is 5.97 Å². The molecule has 8 heteroatoms. The molecule has 1 aromatic rings. The van der Waals surface area contributed by atoms with Crippen molar-refractivity contribution in [2.24, 2.45) is 5.73 Å². The zero-order valence-electron chi connectivity index (χ0n) is 11.4. The van der Waals surface area contributed by atoms with Crippen LogP contribution in [-0.2, 0) is 14.3 Å². The van der Waals surface area contributed by atoms with Crippen molar-refractivity contribution in [3.05, 3.63) is 28.4 Å². The molecule has 0 radical (unpaired) electrons. The topological polar surface area (TPSA) is 114 Å². The third-order valence-electron chi connectivity index (χ3n) is 2.59. The predicted molar refractivity (Wildman–Crippen MR) is 69.2 cm³/mol. The van der Waals surface area contributed by atoms with Crippen LogP contribution >= 0.6 is 0 Å². The van der Waals surface area contributed by atoms with Crippen molar-refractivity contribution >= 4 is 11.9 Å². The Morgan fingerprint density at radius 3 is 2.55 bits per heavy atom. The Morgan fingerprint density at radius 2 is 2.15 bits per heavy atom. The van der Waals surface area contributed by atoms with Crippen LogP contribution in [0.5, 0.6) is 0 Å². The number of rotatable bonds is 3. The molecule has 0 spiro atoms. The maximum atomic E-state index is 11.4. The summed E-state index contributed by atoms with van der Waals surface area (Å²) >= 11 is 0. The maximum Gasteiger partial charge on any atom is 0.358 e. The van der Waals surface area contributed by atoms with Gasteiger partial charge in [0, 0.05) is 12.6 Å². The number of ether oxygens (including phenoxy) is 2. The lowest BCUT2D eigenvalue weighted by Gasteiger charge is -2.27. The van der Waals surface area contributed by atoms with Gasteiger partial charge in [0.15, 0.2) is 5.69 Å². The minimum Gasteiger partial charge on any atom is -0.464 e. The van der Waals surface area contributed by atoms with E-state index in [1.165, 1.54) is 17.9 Å². The molecule has 0 unspecified atom stereocenters. The molecule has 0 saturated carbocycles. The van der Waals surface area contributed by atoms with Crippen LogP contribution in [0, 0.1) is 0 Å². The third-order valence-corrected chi connectivity index (χ3v) is 2.59. The molecule has 110 valence electrons. The zero-order chi connectivity index (χ0) is 15.1. The summed E-state index contributed by atoms with van der Waals surface area (Å²) in [6.45, 7) is 2.71. The van der Waals surface area contributed by atoms with Crippen LogP contribution in [0.15, 0.2) is 17.2 Å². The highest BCUT2D eigenvalue weighted by Gasteiger charge is 2.22. The van der Waals surface area contributed by atoms with Gasteiger partial charge < -0.3 is 19.8 Å². The van der Waals surface area contributed by atoms with Crippen LogP contribution in [0.25, 0.3) is 0 Å². The van der Waals surface area contributed by atoms with Crippen LogP contribution in [0.1, 0.15) is 29.9 Å². The van der Waals surface area contributed by atoms with Gasteiger partial charge in [0.1, 0.15) is 0 Å². The standard InChI is InChI=1S/C9H10N2O4.C3H7NO/c1-14-9(13)7-3-11(6-4-15-5-6)8(12)2-10-7;1-2-3(4)5/h2-3,6H,4-5H2,1H3;2H2,1H3,(H2,4,5). The first-order valence-electron chi connectivity index (χ1n) is 6.02. The van der Waals surface area contributed by atoms with Gasteiger partial charge in [-0.15, -0.1) is 0 Å². The number of esters is 1. The van der Waals surface area contributed by atoms with E-state index < -0.39 is 5.97 Å². The Balaban J connectivity index is 0.000000347. The van der Waals surface area contributed by atoms with Gasteiger partial charge in [0.25, 0.3) is 5.56 Å². The summed E-state index contributed by atoms with van der Waals surface area (Å²) < 4.78 is 10.9. The average Bonchev–Trinajstić information content (AvgIpc) is 2.39. The van der Waals surface area contributed by atoms with Crippen molar-refractivity contribution in [2.45, 2.75) is 19.4 Å². The molecule has 0 aliphatic carbocycles. The second-order valence-electron chi connectivity index (χ2n) is 4.02. The van der Waals surface area contributed by atoms with Gasteiger partial charge in [-0.3, -0.25) is 9.59 Å². The molecule has 0 atom stereocenters. The second kappa shape index (κ2) is 7.39. The molecule has 1 saturated heterocycles. The SMILES string of the molecule is CCC(N)=O.COC(=O)c1cn(C2COC2)c(=O)cn1. The van der Waals surface area contributed by atoms with Gasteiger partial charge in [-0.1, -0.05) is 6.92 Å². The number of methoxy groups -OCH3 is 1. The van der Waals surface area contributed by atoms with Crippen molar-refractivity contribution in [3.63, 3.8) is 0 Å². The van der Waals surface area contributed by atoms with Crippen molar-refractivity contribution in [3.8, 4) is 0 Å².